The molecule has 1 heterocycles. The van der Waals surface area contributed by atoms with E-state index < -0.39 is 0 Å². The zero-order chi connectivity index (χ0) is 13.4. The normalized spacial score (nSPS) is 12.1. The molecule has 0 spiro atoms. The molecule has 0 aliphatic carbocycles. The predicted molar refractivity (Wildman–Crippen MR) is 74.1 cm³/mol. The van der Waals surface area contributed by atoms with Crippen LogP contribution in [0.3, 0.4) is 0 Å². The van der Waals surface area contributed by atoms with Gasteiger partial charge in [-0.1, -0.05) is 26.2 Å². The molecular weight excluding hydrogens is 226 g/mol. The molecule has 0 saturated carbocycles. The van der Waals surface area contributed by atoms with E-state index >= 15 is 0 Å². The molecule has 1 amide bonds. The first-order valence-electron chi connectivity index (χ1n) is 6.61. The quantitative estimate of drug-likeness (QED) is 0.728. The molecule has 3 N–H and O–H groups in total. The molecule has 0 fully saturated rings. The Labute approximate surface area is 109 Å². The number of nitrogens with zero attached hydrogens (tertiary/aromatic N) is 1. The second-order valence-electron chi connectivity index (χ2n) is 4.72. The Morgan fingerprint density at radius 1 is 1.44 bits per heavy atom. The first kappa shape index (κ1) is 14.5. The van der Waals surface area contributed by atoms with Gasteiger partial charge in [-0.2, -0.15) is 0 Å². The molecule has 4 heteroatoms. The van der Waals surface area contributed by atoms with Gasteiger partial charge in [-0.3, -0.25) is 9.78 Å². The molecule has 1 unspecified atom stereocenters. The van der Waals surface area contributed by atoms with Gasteiger partial charge in [0.2, 0.25) is 5.91 Å². The zero-order valence-electron chi connectivity index (χ0n) is 11.3. The topological polar surface area (TPSA) is 68.0 Å². The maximum absolute atomic E-state index is 11.8. The Kier molecular flexibility index (Phi) is 6.19. The standard InChI is InChI=1S/C14H23N3O/c1-3-4-5-6-11(2)17-14(18)9-13-8-7-12(15)10-16-13/h7-8,10-11H,3-6,9,15H2,1-2H3,(H,17,18). The van der Waals surface area contributed by atoms with E-state index in [1.807, 2.05) is 6.92 Å². The van der Waals surface area contributed by atoms with Gasteiger partial charge in [-0.15, -0.1) is 0 Å². The minimum absolute atomic E-state index is 0.0243. The summed E-state index contributed by atoms with van der Waals surface area (Å²) in [5.41, 5.74) is 6.91. The molecule has 18 heavy (non-hydrogen) atoms. The molecule has 100 valence electrons. The number of carbonyl (C=O) groups is 1. The minimum Gasteiger partial charge on any atom is -0.397 e. The van der Waals surface area contributed by atoms with Crippen molar-refractivity contribution in [3.63, 3.8) is 0 Å². The summed E-state index contributed by atoms with van der Waals surface area (Å²) in [6, 6.07) is 3.79. The van der Waals surface area contributed by atoms with Crippen LogP contribution >= 0.6 is 0 Å². The van der Waals surface area contributed by atoms with Crippen molar-refractivity contribution in [1.29, 1.82) is 0 Å². The fraction of sp³-hybridized carbons (Fsp3) is 0.571. The van der Waals surface area contributed by atoms with Crippen molar-refractivity contribution in [1.82, 2.24) is 10.3 Å². The number of aromatic nitrogens is 1. The van der Waals surface area contributed by atoms with Crippen LogP contribution in [0.5, 0.6) is 0 Å². The number of hydrogen-bond acceptors (Lipinski definition) is 3. The Bertz CT molecular complexity index is 362. The van der Waals surface area contributed by atoms with Gasteiger partial charge in [-0.25, -0.2) is 0 Å². The molecule has 1 rings (SSSR count). The minimum atomic E-state index is 0.0243. The van der Waals surface area contributed by atoms with Crippen LogP contribution in [0.2, 0.25) is 0 Å². The lowest BCUT2D eigenvalue weighted by Crippen LogP contribution is -2.33. The predicted octanol–water partition coefficient (Wildman–Crippen LogP) is 2.29. The summed E-state index contributed by atoms with van der Waals surface area (Å²) in [6.07, 6.45) is 6.52. The molecule has 1 aromatic heterocycles. The lowest BCUT2D eigenvalue weighted by molar-refractivity contribution is -0.121. The van der Waals surface area contributed by atoms with Gasteiger partial charge in [0.05, 0.1) is 18.3 Å². The number of unbranched alkanes of at least 4 members (excludes halogenated alkanes) is 2. The van der Waals surface area contributed by atoms with E-state index in [0.29, 0.717) is 12.1 Å². The lowest BCUT2D eigenvalue weighted by Gasteiger charge is -2.13. The Morgan fingerprint density at radius 2 is 2.22 bits per heavy atom. The zero-order valence-corrected chi connectivity index (χ0v) is 11.3. The molecule has 0 aliphatic heterocycles. The summed E-state index contributed by atoms with van der Waals surface area (Å²) in [4.78, 5) is 15.9. The van der Waals surface area contributed by atoms with Crippen LogP contribution < -0.4 is 11.1 Å². The average Bonchev–Trinajstić information content (AvgIpc) is 2.32. The third-order valence-electron chi connectivity index (χ3n) is 2.84. The van der Waals surface area contributed by atoms with Gasteiger partial charge in [0.15, 0.2) is 0 Å². The van der Waals surface area contributed by atoms with Crippen molar-refractivity contribution in [3.05, 3.63) is 24.0 Å². The lowest BCUT2D eigenvalue weighted by atomic mass is 10.1. The fourth-order valence-corrected chi connectivity index (χ4v) is 1.80. The van der Waals surface area contributed by atoms with E-state index in [4.69, 9.17) is 5.73 Å². The van der Waals surface area contributed by atoms with Crippen LogP contribution in [0, 0.1) is 0 Å². The highest BCUT2D eigenvalue weighted by Crippen LogP contribution is 2.04. The molecular formula is C14H23N3O. The van der Waals surface area contributed by atoms with E-state index in [2.05, 4.69) is 17.2 Å². The first-order valence-corrected chi connectivity index (χ1v) is 6.61. The van der Waals surface area contributed by atoms with Crippen LogP contribution in [0.4, 0.5) is 5.69 Å². The summed E-state index contributed by atoms with van der Waals surface area (Å²) in [5.74, 6) is 0.0243. The van der Waals surface area contributed by atoms with Crippen molar-refractivity contribution in [3.8, 4) is 0 Å². The Morgan fingerprint density at radius 3 is 2.83 bits per heavy atom. The van der Waals surface area contributed by atoms with Gasteiger partial charge in [-0.05, 0) is 25.5 Å². The molecule has 4 nitrogen and oxygen atoms in total. The smallest absolute Gasteiger partial charge is 0.226 e. The van der Waals surface area contributed by atoms with Crippen molar-refractivity contribution in [2.75, 3.05) is 5.73 Å². The van der Waals surface area contributed by atoms with Crippen molar-refractivity contribution < 1.29 is 4.79 Å². The number of nitrogen functional groups attached to an aromatic ring is 1. The third-order valence-corrected chi connectivity index (χ3v) is 2.84. The monoisotopic (exact) mass is 249 g/mol. The molecule has 0 aliphatic rings. The van der Waals surface area contributed by atoms with Gasteiger partial charge < -0.3 is 11.1 Å². The van der Waals surface area contributed by atoms with Crippen LogP contribution in [0.1, 0.15) is 45.2 Å². The van der Waals surface area contributed by atoms with Crippen molar-refractivity contribution >= 4 is 11.6 Å². The molecule has 0 bridgehead atoms. The highest BCUT2D eigenvalue weighted by molar-refractivity contribution is 5.78. The third kappa shape index (κ3) is 5.66. The molecule has 0 radical (unpaired) electrons. The summed E-state index contributed by atoms with van der Waals surface area (Å²) in [7, 11) is 0. The van der Waals surface area contributed by atoms with E-state index in [1.165, 1.54) is 12.8 Å². The first-order chi connectivity index (χ1) is 8.61. The van der Waals surface area contributed by atoms with E-state index in [9.17, 15) is 4.79 Å². The Hall–Kier alpha value is -1.58. The van der Waals surface area contributed by atoms with Crippen LogP contribution in [0.15, 0.2) is 18.3 Å². The van der Waals surface area contributed by atoms with Gasteiger partial charge in [0.25, 0.3) is 0 Å². The van der Waals surface area contributed by atoms with Gasteiger partial charge in [0, 0.05) is 11.7 Å². The Balaban J connectivity index is 2.30. The van der Waals surface area contributed by atoms with Gasteiger partial charge >= 0.3 is 0 Å². The number of nitrogens with one attached hydrogen (secondary N) is 1. The van der Waals surface area contributed by atoms with E-state index in [0.717, 1.165) is 18.5 Å². The van der Waals surface area contributed by atoms with Crippen LogP contribution in [0.25, 0.3) is 0 Å². The molecule has 1 atom stereocenters. The number of pyridine rings is 1. The van der Waals surface area contributed by atoms with Crippen LogP contribution in [-0.4, -0.2) is 16.9 Å². The SMILES string of the molecule is CCCCCC(C)NC(=O)Cc1ccc(N)cn1. The number of amides is 1. The largest absolute Gasteiger partial charge is 0.397 e. The van der Waals surface area contributed by atoms with Gasteiger partial charge in [0.1, 0.15) is 0 Å². The average molecular weight is 249 g/mol. The highest BCUT2D eigenvalue weighted by Gasteiger charge is 2.08. The van der Waals surface area contributed by atoms with E-state index in [-0.39, 0.29) is 11.9 Å². The van der Waals surface area contributed by atoms with Crippen molar-refractivity contribution in [2.45, 2.75) is 52.0 Å². The van der Waals surface area contributed by atoms with Crippen LogP contribution in [-0.2, 0) is 11.2 Å². The highest BCUT2D eigenvalue weighted by atomic mass is 16.1. The summed E-state index contributed by atoms with van der Waals surface area (Å²) in [6.45, 7) is 4.22. The maximum atomic E-state index is 11.8. The number of anilines is 1. The second-order valence-corrected chi connectivity index (χ2v) is 4.72. The fourth-order valence-electron chi connectivity index (χ4n) is 1.80. The summed E-state index contributed by atoms with van der Waals surface area (Å²) in [5, 5.41) is 2.99. The summed E-state index contributed by atoms with van der Waals surface area (Å²) < 4.78 is 0. The number of carbonyl (C=O) groups excluding carboxylic acids is 1. The number of nitrogens with two attached hydrogens (primary N) is 1. The molecule has 1 aromatic rings. The second kappa shape index (κ2) is 7.69. The van der Waals surface area contributed by atoms with Crippen molar-refractivity contribution in [2.24, 2.45) is 0 Å². The molecule has 0 saturated heterocycles. The summed E-state index contributed by atoms with van der Waals surface area (Å²) >= 11 is 0. The number of hydrogen-bond donors (Lipinski definition) is 2. The van der Waals surface area contributed by atoms with E-state index in [1.54, 1.807) is 18.3 Å². The number of rotatable bonds is 7. The molecule has 0 aromatic carbocycles. The maximum Gasteiger partial charge on any atom is 0.226 e.